The zero-order valence-corrected chi connectivity index (χ0v) is 9.96. The Kier molecular flexibility index (Phi) is 4.14. The minimum atomic E-state index is -0.667. The number of nitrogens with zero attached hydrogens (tertiary/aromatic N) is 3. The molecule has 17 heavy (non-hydrogen) atoms. The molecular formula is C12H19N3O2. The van der Waals surface area contributed by atoms with Crippen LogP contribution in [0.25, 0.3) is 0 Å². The number of hydrogen-bond acceptors (Lipinski definition) is 3. The molecular weight excluding hydrogens is 218 g/mol. The zero-order valence-electron chi connectivity index (χ0n) is 9.96. The van der Waals surface area contributed by atoms with E-state index in [-0.39, 0.29) is 0 Å². The summed E-state index contributed by atoms with van der Waals surface area (Å²) in [7, 11) is 0. The van der Waals surface area contributed by atoms with Crippen molar-refractivity contribution in [1.29, 1.82) is 0 Å². The number of carboxylic acids is 1. The molecule has 1 fully saturated rings. The second kappa shape index (κ2) is 5.82. The number of rotatable bonds is 5. The predicted octanol–water partition coefficient (Wildman–Crippen LogP) is 1.07. The lowest BCUT2D eigenvalue weighted by molar-refractivity contribution is -0.138. The molecule has 94 valence electrons. The van der Waals surface area contributed by atoms with Gasteiger partial charge in [0.15, 0.2) is 0 Å². The van der Waals surface area contributed by atoms with Crippen molar-refractivity contribution in [2.45, 2.75) is 25.8 Å². The fourth-order valence-electron chi connectivity index (χ4n) is 2.34. The van der Waals surface area contributed by atoms with Gasteiger partial charge in [0.1, 0.15) is 0 Å². The average Bonchev–Trinajstić information content (AvgIpc) is 2.80. The Hall–Kier alpha value is -1.36. The highest BCUT2D eigenvalue weighted by molar-refractivity contribution is 5.67. The Bertz CT molecular complexity index is 343. The summed E-state index contributed by atoms with van der Waals surface area (Å²) in [5.74, 6) is -0.298. The van der Waals surface area contributed by atoms with Crippen molar-refractivity contribution in [3.8, 4) is 0 Å². The van der Waals surface area contributed by atoms with Crippen LogP contribution in [0.15, 0.2) is 18.5 Å². The summed E-state index contributed by atoms with van der Waals surface area (Å²) in [5, 5.41) is 12.9. The van der Waals surface area contributed by atoms with Crippen molar-refractivity contribution in [3.63, 3.8) is 0 Å². The molecule has 0 unspecified atom stereocenters. The van der Waals surface area contributed by atoms with Crippen LogP contribution in [0, 0.1) is 5.92 Å². The summed E-state index contributed by atoms with van der Waals surface area (Å²) in [6.07, 6.45) is 6.10. The van der Waals surface area contributed by atoms with Gasteiger partial charge in [-0.3, -0.25) is 9.48 Å². The van der Waals surface area contributed by atoms with Gasteiger partial charge in [-0.2, -0.15) is 5.10 Å². The maximum Gasteiger partial charge on any atom is 0.303 e. The number of piperidine rings is 1. The van der Waals surface area contributed by atoms with E-state index in [1.807, 2.05) is 16.9 Å². The van der Waals surface area contributed by atoms with Crippen LogP contribution in [0.4, 0.5) is 0 Å². The first-order valence-corrected chi connectivity index (χ1v) is 6.15. The fourth-order valence-corrected chi connectivity index (χ4v) is 2.34. The minimum absolute atomic E-state index is 0.326. The summed E-state index contributed by atoms with van der Waals surface area (Å²) >= 11 is 0. The van der Waals surface area contributed by atoms with Gasteiger partial charge in [0.25, 0.3) is 0 Å². The van der Waals surface area contributed by atoms with E-state index in [2.05, 4.69) is 10.00 Å². The molecule has 1 N–H and O–H groups in total. The van der Waals surface area contributed by atoms with Gasteiger partial charge >= 0.3 is 5.97 Å². The summed E-state index contributed by atoms with van der Waals surface area (Å²) in [4.78, 5) is 13.0. The third kappa shape index (κ3) is 3.85. The van der Waals surface area contributed by atoms with Gasteiger partial charge in [-0.25, -0.2) is 0 Å². The first kappa shape index (κ1) is 12.1. The average molecular weight is 237 g/mol. The molecule has 5 nitrogen and oxygen atoms in total. The number of likely N-dealkylation sites (tertiary alicyclic amines) is 1. The molecule has 0 bridgehead atoms. The Morgan fingerprint density at radius 3 is 2.71 bits per heavy atom. The highest BCUT2D eigenvalue weighted by Gasteiger charge is 2.20. The summed E-state index contributed by atoms with van der Waals surface area (Å²) in [5.41, 5.74) is 0. The van der Waals surface area contributed by atoms with Gasteiger partial charge in [-0.15, -0.1) is 0 Å². The SMILES string of the molecule is O=C(O)CC1CCN(CCn2cccn2)CC1. The topological polar surface area (TPSA) is 58.4 Å². The van der Waals surface area contributed by atoms with E-state index in [4.69, 9.17) is 5.11 Å². The van der Waals surface area contributed by atoms with Crippen molar-refractivity contribution >= 4 is 5.97 Å². The van der Waals surface area contributed by atoms with Crippen molar-refractivity contribution in [1.82, 2.24) is 14.7 Å². The maximum absolute atomic E-state index is 10.6. The van der Waals surface area contributed by atoms with Crippen molar-refractivity contribution in [2.75, 3.05) is 19.6 Å². The minimum Gasteiger partial charge on any atom is -0.481 e. The highest BCUT2D eigenvalue weighted by atomic mass is 16.4. The number of aromatic nitrogens is 2. The molecule has 0 saturated carbocycles. The van der Waals surface area contributed by atoms with Gasteiger partial charge in [0, 0.05) is 25.4 Å². The molecule has 0 atom stereocenters. The summed E-state index contributed by atoms with van der Waals surface area (Å²) < 4.78 is 1.93. The fraction of sp³-hybridized carbons (Fsp3) is 0.667. The number of hydrogen-bond donors (Lipinski definition) is 1. The van der Waals surface area contributed by atoms with Gasteiger partial charge in [0.05, 0.1) is 6.54 Å². The molecule has 5 heteroatoms. The van der Waals surface area contributed by atoms with E-state index in [1.54, 1.807) is 6.20 Å². The van der Waals surface area contributed by atoms with E-state index < -0.39 is 5.97 Å². The van der Waals surface area contributed by atoms with E-state index in [9.17, 15) is 4.79 Å². The van der Waals surface area contributed by atoms with Gasteiger partial charge in [-0.1, -0.05) is 0 Å². The van der Waals surface area contributed by atoms with E-state index in [0.29, 0.717) is 12.3 Å². The maximum atomic E-state index is 10.6. The monoisotopic (exact) mass is 237 g/mol. The van der Waals surface area contributed by atoms with Crippen LogP contribution < -0.4 is 0 Å². The first-order chi connectivity index (χ1) is 8.24. The van der Waals surface area contributed by atoms with E-state index in [1.165, 1.54) is 0 Å². The standard InChI is InChI=1S/C12H19N3O2/c16-12(17)10-11-2-6-14(7-3-11)8-9-15-5-1-4-13-15/h1,4-5,11H,2-3,6-10H2,(H,16,17). The molecule has 0 amide bonds. The molecule has 2 heterocycles. The van der Waals surface area contributed by atoms with Crippen LogP contribution in [0.5, 0.6) is 0 Å². The number of aliphatic carboxylic acids is 1. The Labute approximate surface area is 101 Å². The molecule has 1 aromatic heterocycles. The second-order valence-electron chi connectivity index (χ2n) is 4.65. The first-order valence-electron chi connectivity index (χ1n) is 6.15. The molecule has 0 radical (unpaired) electrons. The lowest BCUT2D eigenvalue weighted by Gasteiger charge is -2.31. The van der Waals surface area contributed by atoms with Crippen LogP contribution in [0.1, 0.15) is 19.3 Å². The van der Waals surface area contributed by atoms with Crippen molar-refractivity contribution < 1.29 is 9.90 Å². The summed E-state index contributed by atoms with van der Waals surface area (Å²) in [6.45, 7) is 3.94. The Morgan fingerprint density at radius 1 is 1.35 bits per heavy atom. The zero-order chi connectivity index (χ0) is 12.1. The predicted molar refractivity (Wildman–Crippen MR) is 63.6 cm³/mol. The Balaban J connectivity index is 1.67. The van der Waals surface area contributed by atoms with Crippen LogP contribution in [-0.4, -0.2) is 45.4 Å². The number of carboxylic acid groups (broad SMARTS) is 1. The van der Waals surface area contributed by atoms with Crippen LogP contribution in [0.3, 0.4) is 0 Å². The van der Waals surface area contributed by atoms with Gasteiger partial charge in [0.2, 0.25) is 0 Å². The van der Waals surface area contributed by atoms with Crippen molar-refractivity contribution in [2.24, 2.45) is 5.92 Å². The van der Waals surface area contributed by atoms with E-state index >= 15 is 0 Å². The van der Waals surface area contributed by atoms with Crippen LogP contribution in [-0.2, 0) is 11.3 Å². The molecule has 1 aliphatic rings. The van der Waals surface area contributed by atoms with E-state index in [0.717, 1.165) is 39.0 Å². The van der Waals surface area contributed by atoms with Crippen LogP contribution >= 0.6 is 0 Å². The normalized spacial score (nSPS) is 18.4. The number of carbonyl (C=O) groups is 1. The van der Waals surface area contributed by atoms with Crippen LogP contribution in [0.2, 0.25) is 0 Å². The third-order valence-corrected chi connectivity index (χ3v) is 3.37. The molecule has 0 aromatic carbocycles. The van der Waals surface area contributed by atoms with Crippen molar-refractivity contribution in [3.05, 3.63) is 18.5 Å². The Morgan fingerprint density at radius 2 is 2.12 bits per heavy atom. The molecule has 1 saturated heterocycles. The molecule has 1 aliphatic heterocycles. The lowest BCUT2D eigenvalue weighted by Crippen LogP contribution is -2.36. The molecule has 0 spiro atoms. The summed E-state index contributed by atoms with van der Waals surface area (Å²) in [6, 6.07) is 1.93. The lowest BCUT2D eigenvalue weighted by atomic mass is 9.94. The quantitative estimate of drug-likeness (QED) is 0.832. The molecule has 0 aliphatic carbocycles. The largest absolute Gasteiger partial charge is 0.481 e. The highest BCUT2D eigenvalue weighted by Crippen LogP contribution is 2.20. The molecule has 2 rings (SSSR count). The second-order valence-corrected chi connectivity index (χ2v) is 4.65. The van der Waals surface area contributed by atoms with Gasteiger partial charge < -0.3 is 10.0 Å². The smallest absolute Gasteiger partial charge is 0.303 e. The van der Waals surface area contributed by atoms with Gasteiger partial charge in [-0.05, 0) is 37.9 Å². The third-order valence-electron chi connectivity index (χ3n) is 3.37. The molecule has 1 aromatic rings.